The van der Waals surface area contributed by atoms with Crippen LogP contribution in [0.2, 0.25) is 0 Å². The molecule has 1 aliphatic carbocycles. The highest BCUT2D eigenvalue weighted by molar-refractivity contribution is 5.20. The summed E-state index contributed by atoms with van der Waals surface area (Å²) >= 11 is 0. The highest BCUT2D eigenvalue weighted by Crippen LogP contribution is 2.27. The van der Waals surface area contributed by atoms with E-state index in [1.165, 1.54) is 5.56 Å². The van der Waals surface area contributed by atoms with Crippen LogP contribution in [0.1, 0.15) is 51.1 Å². The number of ether oxygens (including phenoxy) is 1. The third-order valence-corrected chi connectivity index (χ3v) is 4.32. The second-order valence-corrected chi connectivity index (χ2v) is 6.15. The zero-order valence-electron chi connectivity index (χ0n) is 12.7. The summed E-state index contributed by atoms with van der Waals surface area (Å²) in [5, 5.41) is 3.76. The first-order valence-electron chi connectivity index (χ1n) is 7.64. The standard InChI is InChI=1S/C17H26FNO/c1-12(2)17(13-4-6-14(18)7-5-13)19-15-8-10-16(20-3)11-9-15/h4-7,12,15-17,19H,8-11H2,1-3H3. The van der Waals surface area contributed by atoms with Crippen molar-refractivity contribution >= 4 is 0 Å². The van der Waals surface area contributed by atoms with E-state index < -0.39 is 0 Å². The Kier molecular flexibility index (Phi) is 5.55. The van der Waals surface area contributed by atoms with E-state index >= 15 is 0 Å². The average Bonchev–Trinajstić information content (AvgIpc) is 2.46. The van der Waals surface area contributed by atoms with Crippen molar-refractivity contribution < 1.29 is 9.13 Å². The molecule has 1 fully saturated rings. The first-order valence-corrected chi connectivity index (χ1v) is 7.64. The van der Waals surface area contributed by atoms with E-state index in [9.17, 15) is 4.39 Å². The number of hydrogen-bond acceptors (Lipinski definition) is 2. The van der Waals surface area contributed by atoms with Crippen molar-refractivity contribution in [3.63, 3.8) is 0 Å². The quantitative estimate of drug-likeness (QED) is 0.877. The van der Waals surface area contributed by atoms with E-state index in [1.54, 1.807) is 19.2 Å². The monoisotopic (exact) mass is 279 g/mol. The molecule has 0 bridgehead atoms. The van der Waals surface area contributed by atoms with E-state index in [2.05, 4.69) is 19.2 Å². The Balaban J connectivity index is 1.98. The molecule has 0 radical (unpaired) electrons. The summed E-state index contributed by atoms with van der Waals surface area (Å²) in [6.45, 7) is 4.42. The Bertz CT molecular complexity index is 396. The van der Waals surface area contributed by atoms with Gasteiger partial charge in [-0.25, -0.2) is 4.39 Å². The number of benzene rings is 1. The van der Waals surface area contributed by atoms with E-state index in [0.717, 1.165) is 25.7 Å². The molecule has 0 heterocycles. The van der Waals surface area contributed by atoms with Crippen molar-refractivity contribution in [1.29, 1.82) is 0 Å². The number of nitrogens with one attached hydrogen (secondary N) is 1. The van der Waals surface area contributed by atoms with Gasteiger partial charge in [0.2, 0.25) is 0 Å². The van der Waals surface area contributed by atoms with E-state index in [4.69, 9.17) is 4.74 Å². The van der Waals surface area contributed by atoms with Gasteiger partial charge in [0, 0.05) is 19.2 Å². The molecule has 0 amide bonds. The predicted octanol–water partition coefficient (Wildman–Crippen LogP) is 4.07. The first kappa shape index (κ1) is 15.5. The highest BCUT2D eigenvalue weighted by Gasteiger charge is 2.25. The SMILES string of the molecule is COC1CCC(NC(c2ccc(F)cc2)C(C)C)CC1. The summed E-state index contributed by atoms with van der Waals surface area (Å²) in [5.41, 5.74) is 1.18. The Labute approximate surface area is 121 Å². The highest BCUT2D eigenvalue weighted by atomic mass is 19.1. The molecule has 1 unspecified atom stereocenters. The molecular weight excluding hydrogens is 253 g/mol. The third kappa shape index (κ3) is 4.03. The smallest absolute Gasteiger partial charge is 0.123 e. The van der Waals surface area contributed by atoms with Gasteiger partial charge in [0.15, 0.2) is 0 Å². The van der Waals surface area contributed by atoms with Crippen LogP contribution in [0.3, 0.4) is 0 Å². The van der Waals surface area contributed by atoms with Gasteiger partial charge < -0.3 is 10.1 Å². The van der Waals surface area contributed by atoms with Crippen LogP contribution in [0.25, 0.3) is 0 Å². The molecule has 2 rings (SSSR count). The number of rotatable bonds is 5. The van der Waals surface area contributed by atoms with Gasteiger partial charge in [0.25, 0.3) is 0 Å². The lowest BCUT2D eigenvalue weighted by molar-refractivity contribution is 0.0602. The molecule has 0 spiro atoms. The number of halogens is 1. The minimum atomic E-state index is -0.170. The molecule has 2 nitrogen and oxygen atoms in total. The van der Waals surface area contributed by atoms with Gasteiger partial charge in [0.1, 0.15) is 5.82 Å². The van der Waals surface area contributed by atoms with E-state index in [1.807, 2.05) is 12.1 Å². The van der Waals surface area contributed by atoms with Crippen molar-refractivity contribution in [2.75, 3.05) is 7.11 Å². The lowest BCUT2D eigenvalue weighted by atomic mass is 9.89. The van der Waals surface area contributed by atoms with Crippen LogP contribution in [-0.4, -0.2) is 19.3 Å². The molecule has 1 aliphatic rings. The minimum Gasteiger partial charge on any atom is -0.381 e. The topological polar surface area (TPSA) is 21.3 Å². The summed E-state index contributed by atoms with van der Waals surface area (Å²) < 4.78 is 18.5. The van der Waals surface area contributed by atoms with Crippen LogP contribution in [0, 0.1) is 11.7 Å². The second-order valence-electron chi connectivity index (χ2n) is 6.15. The maximum absolute atomic E-state index is 13.1. The summed E-state index contributed by atoms with van der Waals surface area (Å²) in [6, 6.07) is 7.72. The summed E-state index contributed by atoms with van der Waals surface area (Å²) in [4.78, 5) is 0. The molecule has 1 atom stereocenters. The Morgan fingerprint density at radius 3 is 2.20 bits per heavy atom. The Hall–Kier alpha value is -0.930. The van der Waals surface area contributed by atoms with Crippen LogP contribution in [0.5, 0.6) is 0 Å². The molecule has 20 heavy (non-hydrogen) atoms. The molecule has 0 saturated heterocycles. The predicted molar refractivity (Wildman–Crippen MR) is 80.2 cm³/mol. The zero-order chi connectivity index (χ0) is 14.5. The van der Waals surface area contributed by atoms with Crippen LogP contribution in [0.15, 0.2) is 24.3 Å². The van der Waals surface area contributed by atoms with Gasteiger partial charge in [-0.3, -0.25) is 0 Å². The Morgan fingerprint density at radius 2 is 1.70 bits per heavy atom. The molecule has 0 aromatic heterocycles. The van der Waals surface area contributed by atoms with Crippen LogP contribution >= 0.6 is 0 Å². The fourth-order valence-electron chi connectivity index (χ4n) is 3.06. The van der Waals surface area contributed by atoms with E-state index in [0.29, 0.717) is 24.1 Å². The lowest BCUT2D eigenvalue weighted by Crippen LogP contribution is -2.39. The maximum atomic E-state index is 13.1. The van der Waals surface area contributed by atoms with Gasteiger partial charge in [-0.05, 0) is 49.3 Å². The normalized spacial score (nSPS) is 24.9. The van der Waals surface area contributed by atoms with Crippen molar-refractivity contribution in [3.05, 3.63) is 35.6 Å². The molecule has 112 valence electrons. The van der Waals surface area contributed by atoms with E-state index in [-0.39, 0.29) is 5.82 Å². The average molecular weight is 279 g/mol. The van der Waals surface area contributed by atoms with Crippen molar-refractivity contribution in [2.45, 2.75) is 57.7 Å². The molecule has 1 aromatic rings. The largest absolute Gasteiger partial charge is 0.381 e. The maximum Gasteiger partial charge on any atom is 0.123 e. The Morgan fingerprint density at radius 1 is 1.10 bits per heavy atom. The summed E-state index contributed by atoms with van der Waals surface area (Å²) in [5.74, 6) is 0.317. The fourth-order valence-corrected chi connectivity index (χ4v) is 3.06. The van der Waals surface area contributed by atoms with Gasteiger partial charge in [-0.2, -0.15) is 0 Å². The molecule has 1 saturated carbocycles. The fraction of sp³-hybridized carbons (Fsp3) is 0.647. The molecule has 1 N–H and O–H groups in total. The number of methoxy groups -OCH3 is 1. The van der Waals surface area contributed by atoms with Crippen molar-refractivity contribution in [2.24, 2.45) is 5.92 Å². The lowest BCUT2D eigenvalue weighted by Gasteiger charge is -2.33. The molecule has 3 heteroatoms. The van der Waals surface area contributed by atoms with Crippen molar-refractivity contribution in [1.82, 2.24) is 5.32 Å². The van der Waals surface area contributed by atoms with Gasteiger partial charge >= 0.3 is 0 Å². The van der Waals surface area contributed by atoms with Gasteiger partial charge in [-0.1, -0.05) is 26.0 Å². The van der Waals surface area contributed by atoms with Crippen LogP contribution in [-0.2, 0) is 4.74 Å². The minimum absolute atomic E-state index is 0.170. The zero-order valence-corrected chi connectivity index (χ0v) is 12.7. The first-order chi connectivity index (χ1) is 9.60. The van der Waals surface area contributed by atoms with Gasteiger partial charge in [0.05, 0.1) is 6.10 Å². The summed E-state index contributed by atoms with van der Waals surface area (Å²) in [6.07, 6.45) is 4.99. The molecular formula is C17H26FNO. The van der Waals surface area contributed by atoms with Crippen LogP contribution < -0.4 is 5.32 Å². The molecule has 1 aromatic carbocycles. The van der Waals surface area contributed by atoms with Crippen LogP contribution in [0.4, 0.5) is 4.39 Å². The number of hydrogen-bond donors (Lipinski definition) is 1. The third-order valence-electron chi connectivity index (χ3n) is 4.32. The summed E-state index contributed by atoms with van der Waals surface area (Å²) in [7, 11) is 1.80. The second kappa shape index (κ2) is 7.19. The molecule has 0 aliphatic heterocycles. The van der Waals surface area contributed by atoms with Gasteiger partial charge in [-0.15, -0.1) is 0 Å². The van der Waals surface area contributed by atoms with Crippen molar-refractivity contribution in [3.8, 4) is 0 Å².